The Morgan fingerprint density at radius 3 is 2.58 bits per heavy atom. The third-order valence-corrected chi connectivity index (χ3v) is 3.35. The van der Waals surface area contributed by atoms with Crippen LogP contribution in [-0.2, 0) is 4.79 Å². The van der Waals surface area contributed by atoms with Crippen molar-refractivity contribution in [2.75, 3.05) is 7.11 Å². The molecule has 0 aliphatic carbocycles. The molecule has 0 fully saturated rings. The van der Waals surface area contributed by atoms with Crippen molar-refractivity contribution in [3.8, 4) is 5.75 Å². The highest BCUT2D eigenvalue weighted by atomic mass is 35.5. The zero-order chi connectivity index (χ0) is 17.5. The Balaban J connectivity index is 1.92. The molecule has 0 saturated carbocycles. The van der Waals surface area contributed by atoms with Gasteiger partial charge in [0.1, 0.15) is 0 Å². The second-order valence-corrected chi connectivity index (χ2v) is 5.06. The van der Waals surface area contributed by atoms with E-state index < -0.39 is 17.6 Å². The summed E-state index contributed by atoms with van der Waals surface area (Å²) in [5.41, 5.74) is 5.16. The molecule has 5 nitrogen and oxygen atoms in total. The summed E-state index contributed by atoms with van der Waals surface area (Å²) in [5.74, 6) is -1.54. The summed E-state index contributed by atoms with van der Waals surface area (Å²) >= 11 is 5.88. The van der Waals surface area contributed by atoms with Gasteiger partial charge >= 0.3 is 0 Å². The van der Waals surface area contributed by atoms with Gasteiger partial charge in [-0.2, -0.15) is 0 Å². The van der Waals surface area contributed by atoms with E-state index in [-0.39, 0.29) is 16.3 Å². The van der Waals surface area contributed by atoms with Crippen molar-refractivity contribution in [3.63, 3.8) is 0 Å². The highest BCUT2D eigenvalue weighted by Gasteiger charge is 2.09. The van der Waals surface area contributed by atoms with Crippen LogP contribution in [0.5, 0.6) is 5.75 Å². The van der Waals surface area contributed by atoms with Crippen LogP contribution in [-0.4, -0.2) is 18.9 Å². The number of hydrogen-bond donors (Lipinski definition) is 2. The smallest absolute Gasteiger partial charge is 0.271 e. The van der Waals surface area contributed by atoms with E-state index in [1.54, 1.807) is 24.3 Å². The number of carbonyl (C=O) groups is 2. The third kappa shape index (κ3) is 4.57. The Hall–Kier alpha value is -2.86. The minimum atomic E-state index is -0.577. The average molecular weight is 349 g/mol. The minimum Gasteiger partial charge on any atom is -0.494 e. The largest absolute Gasteiger partial charge is 0.494 e. The number of hydrogen-bond acceptors (Lipinski definition) is 3. The normalized spacial score (nSPS) is 10.5. The van der Waals surface area contributed by atoms with E-state index in [1.165, 1.54) is 31.4 Å². The van der Waals surface area contributed by atoms with Gasteiger partial charge in [-0.25, -0.2) is 4.39 Å². The van der Waals surface area contributed by atoms with E-state index >= 15 is 0 Å². The molecule has 2 aromatic rings. The van der Waals surface area contributed by atoms with Crippen molar-refractivity contribution in [2.24, 2.45) is 0 Å². The lowest BCUT2D eigenvalue weighted by molar-refractivity contribution is -0.117. The summed E-state index contributed by atoms with van der Waals surface area (Å²) in [5, 5.41) is 0.272. The number of amides is 2. The van der Waals surface area contributed by atoms with E-state index in [0.717, 1.165) is 6.08 Å². The first-order valence-electron chi connectivity index (χ1n) is 6.87. The number of halogens is 2. The Bertz CT molecular complexity index is 793. The Labute approximate surface area is 143 Å². The molecule has 2 rings (SSSR count). The van der Waals surface area contributed by atoms with E-state index in [1.807, 2.05) is 0 Å². The summed E-state index contributed by atoms with van der Waals surface area (Å²) in [6, 6.07) is 10.7. The van der Waals surface area contributed by atoms with Crippen LogP contribution in [0.2, 0.25) is 5.02 Å². The number of nitrogens with one attached hydrogen (secondary N) is 2. The molecule has 2 aromatic carbocycles. The van der Waals surface area contributed by atoms with Gasteiger partial charge in [0.25, 0.3) is 11.8 Å². The van der Waals surface area contributed by atoms with Crippen molar-refractivity contribution in [1.29, 1.82) is 0 Å². The van der Waals surface area contributed by atoms with Crippen molar-refractivity contribution >= 4 is 29.5 Å². The molecule has 7 heteroatoms. The van der Waals surface area contributed by atoms with E-state index in [0.29, 0.717) is 5.56 Å². The highest BCUT2D eigenvalue weighted by Crippen LogP contribution is 2.18. The van der Waals surface area contributed by atoms with Gasteiger partial charge in [-0.05, 0) is 35.9 Å². The summed E-state index contributed by atoms with van der Waals surface area (Å²) in [7, 11) is 1.36. The molecular formula is C17H14ClFN2O3. The Kier molecular flexibility index (Phi) is 5.92. The minimum absolute atomic E-state index is 0.114. The monoisotopic (exact) mass is 348 g/mol. The summed E-state index contributed by atoms with van der Waals surface area (Å²) in [6.45, 7) is 0. The fraction of sp³-hybridized carbons (Fsp3) is 0.0588. The van der Waals surface area contributed by atoms with Crippen LogP contribution in [0.3, 0.4) is 0 Å². The molecule has 0 heterocycles. The maximum absolute atomic E-state index is 13.5. The number of methoxy groups -OCH3 is 1. The maximum atomic E-state index is 13.5. The van der Waals surface area contributed by atoms with Crippen LogP contribution >= 0.6 is 11.6 Å². The highest BCUT2D eigenvalue weighted by molar-refractivity contribution is 6.33. The number of benzene rings is 2. The van der Waals surface area contributed by atoms with Crippen LogP contribution in [0, 0.1) is 5.82 Å². The molecule has 0 spiro atoms. The molecule has 0 radical (unpaired) electrons. The van der Waals surface area contributed by atoms with Gasteiger partial charge in [-0.15, -0.1) is 0 Å². The molecule has 2 amide bonds. The van der Waals surface area contributed by atoms with Gasteiger partial charge in [-0.3, -0.25) is 20.4 Å². The van der Waals surface area contributed by atoms with Gasteiger partial charge in [-0.1, -0.05) is 29.8 Å². The first-order valence-corrected chi connectivity index (χ1v) is 7.25. The standard InChI is InChI=1S/C17H14ClFN2O3/c1-24-15-8-6-11(10-14(15)19)7-9-16(22)20-21-17(23)12-4-2-3-5-13(12)18/h2-10H,1H3,(H,20,22)(H,21,23)/b9-7+. The van der Waals surface area contributed by atoms with Crippen LogP contribution in [0.15, 0.2) is 48.5 Å². The third-order valence-electron chi connectivity index (χ3n) is 3.02. The molecule has 0 atom stereocenters. The van der Waals surface area contributed by atoms with Crippen LogP contribution in [0.25, 0.3) is 6.08 Å². The Morgan fingerprint density at radius 1 is 1.17 bits per heavy atom. The van der Waals surface area contributed by atoms with E-state index in [9.17, 15) is 14.0 Å². The van der Waals surface area contributed by atoms with Crippen molar-refractivity contribution in [2.45, 2.75) is 0 Å². The lowest BCUT2D eigenvalue weighted by Gasteiger charge is -2.06. The van der Waals surface area contributed by atoms with Gasteiger partial charge in [0.2, 0.25) is 0 Å². The van der Waals surface area contributed by atoms with E-state index in [4.69, 9.17) is 16.3 Å². The first kappa shape index (κ1) is 17.5. The molecule has 124 valence electrons. The predicted octanol–water partition coefficient (Wildman–Crippen LogP) is 2.96. The first-order chi connectivity index (χ1) is 11.5. The van der Waals surface area contributed by atoms with Crippen LogP contribution < -0.4 is 15.6 Å². The molecule has 0 unspecified atom stereocenters. The molecule has 0 aliphatic heterocycles. The van der Waals surface area contributed by atoms with Gasteiger partial charge < -0.3 is 4.74 Å². The van der Waals surface area contributed by atoms with Crippen molar-refractivity contribution in [3.05, 3.63) is 70.5 Å². The zero-order valence-corrected chi connectivity index (χ0v) is 13.4. The van der Waals surface area contributed by atoms with Crippen LogP contribution in [0.1, 0.15) is 15.9 Å². The van der Waals surface area contributed by atoms with Crippen molar-refractivity contribution < 1.29 is 18.7 Å². The van der Waals surface area contributed by atoms with Crippen molar-refractivity contribution in [1.82, 2.24) is 10.9 Å². The Morgan fingerprint density at radius 2 is 1.92 bits per heavy atom. The number of hydrazine groups is 1. The number of carbonyl (C=O) groups excluding carboxylic acids is 2. The quantitative estimate of drug-likeness (QED) is 0.659. The zero-order valence-electron chi connectivity index (χ0n) is 12.7. The molecule has 0 aromatic heterocycles. The molecule has 24 heavy (non-hydrogen) atoms. The number of ether oxygens (including phenoxy) is 1. The number of rotatable bonds is 4. The molecule has 0 aliphatic rings. The SMILES string of the molecule is COc1ccc(/C=C/C(=O)NNC(=O)c2ccccc2Cl)cc1F. The fourth-order valence-corrected chi connectivity index (χ4v) is 2.05. The molecule has 0 saturated heterocycles. The summed E-state index contributed by atoms with van der Waals surface area (Å²) < 4.78 is 18.3. The second-order valence-electron chi connectivity index (χ2n) is 4.65. The molecule has 2 N–H and O–H groups in total. The average Bonchev–Trinajstić information content (AvgIpc) is 2.58. The fourth-order valence-electron chi connectivity index (χ4n) is 1.83. The van der Waals surface area contributed by atoms with Crippen LogP contribution in [0.4, 0.5) is 4.39 Å². The van der Waals surface area contributed by atoms with E-state index in [2.05, 4.69) is 10.9 Å². The predicted molar refractivity (Wildman–Crippen MR) is 89.0 cm³/mol. The lowest BCUT2D eigenvalue weighted by atomic mass is 10.2. The van der Waals surface area contributed by atoms with Gasteiger partial charge in [0.15, 0.2) is 11.6 Å². The van der Waals surface area contributed by atoms with Gasteiger partial charge in [0.05, 0.1) is 17.7 Å². The lowest BCUT2D eigenvalue weighted by Crippen LogP contribution is -2.40. The summed E-state index contributed by atoms with van der Waals surface area (Å²) in [4.78, 5) is 23.5. The molecule has 0 bridgehead atoms. The summed E-state index contributed by atoms with van der Waals surface area (Å²) in [6.07, 6.45) is 2.56. The second kappa shape index (κ2) is 8.12. The molecular weight excluding hydrogens is 335 g/mol. The maximum Gasteiger partial charge on any atom is 0.271 e. The topological polar surface area (TPSA) is 67.4 Å². The van der Waals surface area contributed by atoms with Gasteiger partial charge in [0, 0.05) is 6.08 Å².